The zero-order chi connectivity index (χ0) is 18.0. The summed E-state index contributed by atoms with van der Waals surface area (Å²) in [5, 5.41) is 2.88. The molecular weight excluding hydrogens is 322 g/mol. The van der Waals surface area contributed by atoms with E-state index in [1.807, 2.05) is 19.0 Å². The zero-order valence-electron chi connectivity index (χ0n) is 14.9. The van der Waals surface area contributed by atoms with Crippen LogP contribution in [0.5, 0.6) is 5.75 Å². The van der Waals surface area contributed by atoms with E-state index in [9.17, 15) is 9.59 Å². The van der Waals surface area contributed by atoms with Gasteiger partial charge in [0.25, 0.3) is 11.8 Å². The van der Waals surface area contributed by atoms with Gasteiger partial charge in [-0.25, -0.2) is 0 Å². The highest BCUT2D eigenvalue weighted by Crippen LogP contribution is 2.36. The Morgan fingerprint density at radius 1 is 1.40 bits per heavy atom. The fraction of sp³-hybridized carbons (Fsp3) is 0.556. The molecule has 1 fully saturated rings. The number of carbonyl (C=O) groups excluding carboxylic acids is 2. The van der Waals surface area contributed by atoms with Gasteiger partial charge in [0.15, 0.2) is 6.10 Å². The minimum Gasteiger partial charge on any atom is -0.479 e. The predicted molar refractivity (Wildman–Crippen MR) is 95.0 cm³/mol. The van der Waals surface area contributed by atoms with E-state index in [0.717, 1.165) is 19.4 Å². The van der Waals surface area contributed by atoms with Crippen molar-refractivity contribution < 1.29 is 19.1 Å². The lowest BCUT2D eigenvalue weighted by Crippen LogP contribution is -2.46. The molecule has 7 nitrogen and oxygen atoms in total. The molecule has 136 valence electrons. The number of nitrogens with one attached hydrogen (secondary N) is 1. The van der Waals surface area contributed by atoms with Crippen LogP contribution in [0.15, 0.2) is 18.2 Å². The number of anilines is 2. The lowest BCUT2D eigenvalue weighted by atomic mass is 10.1. The Kier molecular flexibility index (Phi) is 5.24. The van der Waals surface area contributed by atoms with Gasteiger partial charge in [-0.3, -0.25) is 9.59 Å². The molecule has 0 bridgehead atoms. The highest BCUT2D eigenvalue weighted by atomic mass is 16.5. The molecule has 2 aliphatic rings. The summed E-state index contributed by atoms with van der Waals surface area (Å²) in [7, 11) is 3.93. The molecule has 25 heavy (non-hydrogen) atoms. The largest absolute Gasteiger partial charge is 0.479 e. The molecule has 2 heterocycles. The minimum atomic E-state index is -0.512. The average Bonchev–Trinajstić information content (AvgIpc) is 3.10. The van der Waals surface area contributed by atoms with Crippen molar-refractivity contribution in [3.05, 3.63) is 18.2 Å². The first kappa shape index (κ1) is 17.7. The van der Waals surface area contributed by atoms with Gasteiger partial charge in [-0.15, -0.1) is 0 Å². The molecule has 0 spiro atoms. The van der Waals surface area contributed by atoms with Crippen LogP contribution in [0.1, 0.15) is 19.8 Å². The van der Waals surface area contributed by atoms with Crippen molar-refractivity contribution in [2.24, 2.45) is 0 Å². The topological polar surface area (TPSA) is 71.1 Å². The second-order valence-electron chi connectivity index (χ2n) is 6.73. The van der Waals surface area contributed by atoms with Crippen molar-refractivity contribution in [3.8, 4) is 5.75 Å². The number of hydrogen-bond donors (Lipinski definition) is 1. The number of fused-ring (bicyclic) bond motifs is 1. The van der Waals surface area contributed by atoms with Crippen LogP contribution in [-0.2, 0) is 14.3 Å². The number of likely N-dealkylation sites (N-methyl/N-ethyl adjacent to an activating group) is 1. The van der Waals surface area contributed by atoms with Crippen molar-refractivity contribution in [1.82, 2.24) is 4.90 Å². The van der Waals surface area contributed by atoms with E-state index in [4.69, 9.17) is 9.47 Å². The monoisotopic (exact) mass is 347 g/mol. The zero-order valence-corrected chi connectivity index (χ0v) is 14.9. The lowest BCUT2D eigenvalue weighted by Gasteiger charge is -2.34. The maximum atomic E-state index is 12.5. The molecule has 0 aliphatic carbocycles. The summed E-state index contributed by atoms with van der Waals surface area (Å²) in [6.45, 7) is 3.68. The molecule has 3 rings (SSSR count). The van der Waals surface area contributed by atoms with E-state index in [-0.39, 0.29) is 11.8 Å². The van der Waals surface area contributed by atoms with E-state index in [1.54, 1.807) is 30.0 Å². The van der Waals surface area contributed by atoms with Crippen LogP contribution in [0.3, 0.4) is 0 Å². The quantitative estimate of drug-likeness (QED) is 0.874. The van der Waals surface area contributed by atoms with Crippen LogP contribution >= 0.6 is 0 Å². The van der Waals surface area contributed by atoms with Gasteiger partial charge in [-0.1, -0.05) is 0 Å². The molecule has 1 N–H and O–H groups in total. The third-order valence-electron chi connectivity index (χ3n) is 4.43. The molecule has 2 atom stereocenters. The molecule has 1 aromatic carbocycles. The predicted octanol–water partition coefficient (Wildman–Crippen LogP) is 1.48. The Labute approximate surface area is 147 Å². The maximum absolute atomic E-state index is 12.5. The molecule has 0 radical (unpaired) electrons. The Morgan fingerprint density at radius 3 is 2.88 bits per heavy atom. The van der Waals surface area contributed by atoms with E-state index in [0.29, 0.717) is 30.3 Å². The summed E-state index contributed by atoms with van der Waals surface area (Å²) < 4.78 is 11.1. The Morgan fingerprint density at radius 2 is 2.20 bits per heavy atom. The van der Waals surface area contributed by atoms with Crippen LogP contribution < -0.4 is 15.0 Å². The van der Waals surface area contributed by atoms with Crippen LogP contribution in [0.25, 0.3) is 0 Å². The number of nitrogens with zero attached hydrogens (tertiary/aromatic N) is 2. The summed E-state index contributed by atoms with van der Waals surface area (Å²) in [5.41, 5.74) is 1.33. The molecule has 0 saturated carbocycles. The SMILES string of the molecule is CC1Oc2ccc(NC(=O)C3CCCO3)cc2N(CCN(C)C)C1=O. The number of benzene rings is 1. The minimum absolute atomic E-state index is 0.0723. The van der Waals surface area contributed by atoms with Gasteiger partial charge in [0.1, 0.15) is 11.9 Å². The first-order valence-electron chi connectivity index (χ1n) is 8.65. The molecule has 2 amide bonds. The number of amides is 2. The second-order valence-corrected chi connectivity index (χ2v) is 6.73. The summed E-state index contributed by atoms with van der Waals surface area (Å²) in [4.78, 5) is 28.5. The van der Waals surface area contributed by atoms with Gasteiger partial charge >= 0.3 is 0 Å². The van der Waals surface area contributed by atoms with Crippen molar-refractivity contribution in [1.29, 1.82) is 0 Å². The summed E-state index contributed by atoms with van der Waals surface area (Å²) >= 11 is 0. The van der Waals surface area contributed by atoms with Crippen LogP contribution in [0.2, 0.25) is 0 Å². The molecule has 7 heteroatoms. The van der Waals surface area contributed by atoms with Gasteiger partial charge in [-0.05, 0) is 52.1 Å². The molecule has 2 unspecified atom stereocenters. The summed E-state index contributed by atoms with van der Waals surface area (Å²) in [5.74, 6) is 0.437. The molecular formula is C18H25N3O4. The first-order valence-corrected chi connectivity index (χ1v) is 8.65. The second kappa shape index (κ2) is 7.41. The van der Waals surface area contributed by atoms with E-state index in [2.05, 4.69) is 5.32 Å². The first-order chi connectivity index (χ1) is 12.0. The van der Waals surface area contributed by atoms with Crippen molar-refractivity contribution >= 4 is 23.2 Å². The highest BCUT2D eigenvalue weighted by Gasteiger charge is 2.32. The Bertz CT molecular complexity index is 656. The number of ether oxygens (including phenoxy) is 2. The van der Waals surface area contributed by atoms with E-state index >= 15 is 0 Å². The van der Waals surface area contributed by atoms with Crippen molar-refractivity contribution in [2.45, 2.75) is 32.0 Å². The smallest absolute Gasteiger partial charge is 0.267 e. The van der Waals surface area contributed by atoms with Gasteiger partial charge in [0.2, 0.25) is 0 Å². The molecule has 1 saturated heterocycles. The van der Waals surface area contributed by atoms with Crippen molar-refractivity contribution in [2.75, 3.05) is 44.0 Å². The van der Waals surface area contributed by atoms with Gasteiger partial charge in [-0.2, -0.15) is 0 Å². The number of carbonyl (C=O) groups is 2. The molecule has 0 aromatic heterocycles. The maximum Gasteiger partial charge on any atom is 0.267 e. The fourth-order valence-corrected chi connectivity index (χ4v) is 3.02. The van der Waals surface area contributed by atoms with Crippen LogP contribution in [0, 0.1) is 0 Å². The number of hydrogen-bond acceptors (Lipinski definition) is 5. The molecule has 1 aromatic rings. The number of rotatable bonds is 5. The van der Waals surface area contributed by atoms with Crippen molar-refractivity contribution in [3.63, 3.8) is 0 Å². The normalized spacial score (nSPS) is 22.7. The third kappa shape index (κ3) is 3.93. The van der Waals surface area contributed by atoms with E-state index < -0.39 is 12.2 Å². The standard InChI is InChI=1S/C18H25N3O4/c1-12-18(23)21(9-8-20(2)3)14-11-13(6-7-15(14)25-12)19-17(22)16-5-4-10-24-16/h6-7,11-12,16H,4-5,8-10H2,1-3H3,(H,19,22). The fourth-order valence-electron chi connectivity index (χ4n) is 3.02. The summed E-state index contributed by atoms with van der Waals surface area (Å²) in [6, 6.07) is 5.38. The molecule has 2 aliphatic heterocycles. The third-order valence-corrected chi connectivity index (χ3v) is 4.43. The lowest BCUT2D eigenvalue weighted by molar-refractivity contribution is -0.125. The van der Waals surface area contributed by atoms with E-state index in [1.165, 1.54) is 0 Å². The average molecular weight is 347 g/mol. The Balaban J connectivity index is 1.80. The van der Waals surface area contributed by atoms with Gasteiger partial charge in [0, 0.05) is 25.4 Å². The summed E-state index contributed by atoms with van der Waals surface area (Å²) in [6.07, 6.45) is 0.742. The van der Waals surface area contributed by atoms with Crippen LogP contribution in [0.4, 0.5) is 11.4 Å². The highest BCUT2D eigenvalue weighted by molar-refractivity contribution is 6.01. The van der Waals surface area contributed by atoms with Gasteiger partial charge < -0.3 is 24.6 Å². The van der Waals surface area contributed by atoms with Crippen LogP contribution in [-0.4, -0.2) is 62.7 Å². The van der Waals surface area contributed by atoms with Gasteiger partial charge in [0.05, 0.1) is 5.69 Å². The Hall–Kier alpha value is -2.12.